The van der Waals surface area contributed by atoms with Gasteiger partial charge in [-0.3, -0.25) is 14.4 Å². The largest absolute Gasteiger partial charge is 0.370 e. The highest BCUT2D eigenvalue weighted by atomic mass is 32.1. The van der Waals surface area contributed by atoms with Crippen LogP contribution in [-0.2, 0) is 16.0 Å². The minimum Gasteiger partial charge on any atom is -0.370 e. The van der Waals surface area contributed by atoms with Crippen molar-refractivity contribution in [2.45, 2.75) is 25.7 Å². The first kappa shape index (κ1) is 21.2. The smallest absolute Gasteiger partial charge is 0.253 e. The molecule has 0 saturated heterocycles. The van der Waals surface area contributed by atoms with Gasteiger partial charge in [-0.1, -0.05) is 23.4 Å². The molecular weight excluding hydrogens is 406 g/mol. The molecule has 0 aliphatic carbocycles. The Balaban J connectivity index is 1.49. The number of rotatable bonds is 10. The van der Waals surface area contributed by atoms with E-state index in [0.29, 0.717) is 35.8 Å². The molecule has 1 aromatic carbocycles. The van der Waals surface area contributed by atoms with Gasteiger partial charge in [-0.05, 0) is 30.0 Å². The Bertz CT molecular complexity index is 1020. The number of aryl methyl sites for hydroxylation is 1. The summed E-state index contributed by atoms with van der Waals surface area (Å²) in [5, 5.41) is 11.2. The molecule has 0 aliphatic rings. The summed E-state index contributed by atoms with van der Waals surface area (Å²) < 4.78 is 5.22. The molecule has 2 heterocycles. The summed E-state index contributed by atoms with van der Waals surface area (Å²) in [5.41, 5.74) is 5.78. The van der Waals surface area contributed by atoms with Crippen LogP contribution in [0.4, 0.5) is 5.69 Å². The zero-order valence-electron chi connectivity index (χ0n) is 16.1. The van der Waals surface area contributed by atoms with E-state index in [0.717, 1.165) is 4.88 Å². The number of amides is 3. The Morgan fingerprint density at radius 1 is 1.10 bits per heavy atom. The van der Waals surface area contributed by atoms with Gasteiger partial charge in [0, 0.05) is 25.8 Å². The van der Waals surface area contributed by atoms with Crippen molar-refractivity contribution in [3.8, 4) is 10.7 Å². The first-order valence-electron chi connectivity index (χ1n) is 9.35. The maximum atomic E-state index is 12.3. The summed E-state index contributed by atoms with van der Waals surface area (Å²) >= 11 is 1.52. The van der Waals surface area contributed by atoms with Gasteiger partial charge in [-0.15, -0.1) is 11.3 Å². The SMILES string of the molecule is NC(=O)CCNC(=O)c1ccccc1NC(=O)CCCc1nc(-c2cccs2)no1. The lowest BCUT2D eigenvalue weighted by atomic mass is 10.1. The van der Waals surface area contributed by atoms with Gasteiger partial charge in [0.1, 0.15) is 0 Å². The number of nitrogens with zero attached hydrogens (tertiary/aromatic N) is 2. The van der Waals surface area contributed by atoms with Gasteiger partial charge >= 0.3 is 0 Å². The van der Waals surface area contributed by atoms with Crippen LogP contribution >= 0.6 is 11.3 Å². The number of nitrogens with one attached hydrogen (secondary N) is 2. The summed E-state index contributed by atoms with van der Waals surface area (Å²) in [7, 11) is 0. The molecular formula is C20H21N5O4S. The third-order valence-electron chi connectivity index (χ3n) is 4.11. The highest BCUT2D eigenvalue weighted by Crippen LogP contribution is 2.21. The molecule has 3 aromatic rings. The number of primary amides is 1. The molecule has 2 aromatic heterocycles. The Morgan fingerprint density at radius 2 is 1.93 bits per heavy atom. The van der Waals surface area contributed by atoms with E-state index in [2.05, 4.69) is 20.8 Å². The highest BCUT2D eigenvalue weighted by Gasteiger charge is 2.14. The minimum absolute atomic E-state index is 0.0458. The number of thiophene rings is 1. The molecule has 0 atom stereocenters. The second-order valence-corrected chi connectivity index (χ2v) is 7.36. The van der Waals surface area contributed by atoms with Crippen LogP contribution in [0.15, 0.2) is 46.3 Å². The second-order valence-electron chi connectivity index (χ2n) is 6.41. The molecule has 30 heavy (non-hydrogen) atoms. The lowest BCUT2D eigenvalue weighted by molar-refractivity contribution is -0.118. The molecule has 0 spiro atoms. The van der Waals surface area contributed by atoms with E-state index in [1.807, 2.05) is 17.5 Å². The highest BCUT2D eigenvalue weighted by molar-refractivity contribution is 7.13. The average Bonchev–Trinajstić information content (AvgIpc) is 3.40. The molecule has 9 nitrogen and oxygen atoms in total. The summed E-state index contributed by atoms with van der Waals surface area (Å²) in [6, 6.07) is 10.5. The van der Waals surface area contributed by atoms with E-state index in [1.165, 1.54) is 11.3 Å². The lowest BCUT2D eigenvalue weighted by Crippen LogP contribution is -2.28. The number of nitrogens with two attached hydrogens (primary N) is 1. The standard InChI is InChI=1S/C20H21N5O4S/c21-16(26)10-11-22-20(28)13-5-1-2-6-14(13)23-17(27)8-3-9-18-24-19(25-29-18)15-7-4-12-30-15/h1-2,4-7,12H,3,8-11H2,(H2,21,26)(H,22,28)(H,23,27). The van der Waals surface area contributed by atoms with Gasteiger partial charge in [0.25, 0.3) is 5.91 Å². The molecule has 3 rings (SSSR count). The molecule has 0 unspecified atom stereocenters. The Kier molecular flexibility index (Phi) is 7.28. The quantitative estimate of drug-likeness (QED) is 0.454. The van der Waals surface area contributed by atoms with E-state index in [1.54, 1.807) is 24.3 Å². The van der Waals surface area contributed by atoms with E-state index in [4.69, 9.17) is 10.3 Å². The molecule has 0 radical (unpaired) electrons. The number of anilines is 1. The van der Waals surface area contributed by atoms with Crippen LogP contribution in [-0.4, -0.2) is 34.4 Å². The van der Waals surface area contributed by atoms with E-state index >= 15 is 0 Å². The summed E-state index contributed by atoms with van der Waals surface area (Å²) in [4.78, 5) is 40.6. The summed E-state index contributed by atoms with van der Waals surface area (Å²) in [5.74, 6) is -0.105. The van der Waals surface area contributed by atoms with Crippen molar-refractivity contribution >= 4 is 34.7 Å². The van der Waals surface area contributed by atoms with Gasteiger partial charge in [0.05, 0.1) is 16.1 Å². The van der Waals surface area contributed by atoms with Crippen molar-refractivity contribution in [1.82, 2.24) is 15.5 Å². The maximum absolute atomic E-state index is 12.3. The fourth-order valence-corrected chi connectivity index (χ4v) is 3.31. The molecule has 0 aliphatic heterocycles. The third-order valence-corrected chi connectivity index (χ3v) is 4.97. The Labute approximate surface area is 176 Å². The summed E-state index contributed by atoms with van der Waals surface area (Å²) in [6.45, 7) is 0.133. The molecule has 4 N–H and O–H groups in total. The van der Waals surface area contributed by atoms with E-state index in [-0.39, 0.29) is 31.2 Å². The molecule has 0 saturated carbocycles. The predicted octanol–water partition coefficient (Wildman–Crippen LogP) is 2.36. The minimum atomic E-state index is -0.499. The Morgan fingerprint density at radius 3 is 2.70 bits per heavy atom. The van der Waals surface area contributed by atoms with Crippen LogP contribution in [0.2, 0.25) is 0 Å². The van der Waals surface area contributed by atoms with Crippen LogP contribution in [0, 0.1) is 0 Å². The van der Waals surface area contributed by atoms with Crippen molar-refractivity contribution in [3.63, 3.8) is 0 Å². The van der Waals surface area contributed by atoms with Gasteiger partial charge in [-0.2, -0.15) is 4.98 Å². The van der Waals surface area contributed by atoms with Gasteiger partial charge in [0.15, 0.2) is 0 Å². The average molecular weight is 427 g/mol. The van der Waals surface area contributed by atoms with Gasteiger partial charge < -0.3 is 20.9 Å². The van der Waals surface area contributed by atoms with Gasteiger partial charge in [-0.25, -0.2) is 0 Å². The second kappa shape index (κ2) is 10.3. The zero-order valence-corrected chi connectivity index (χ0v) is 16.9. The molecule has 3 amide bonds. The van der Waals surface area contributed by atoms with Gasteiger partial charge in [0.2, 0.25) is 23.5 Å². The van der Waals surface area contributed by atoms with Crippen molar-refractivity contribution in [2.75, 3.05) is 11.9 Å². The number of carbonyl (C=O) groups excluding carboxylic acids is 3. The number of carbonyl (C=O) groups is 3. The first-order valence-corrected chi connectivity index (χ1v) is 10.2. The fraction of sp³-hybridized carbons (Fsp3) is 0.250. The van der Waals surface area contributed by atoms with E-state index < -0.39 is 5.91 Å². The van der Waals surface area contributed by atoms with Crippen LogP contribution in [0.5, 0.6) is 0 Å². The van der Waals surface area contributed by atoms with Crippen molar-refractivity contribution < 1.29 is 18.9 Å². The topological polar surface area (TPSA) is 140 Å². The first-order chi connectivity index (χ1) is 14.5. The number of aromatic nitrogens is 2. The number of hydrogen-bond donors (Lipinski definition) is 3. The van der Waals surface area contributed by atoms with Crippen LogP contribution < -0.4 is 16.4 Å². The number of benzene rings is 1. The molecule has 0 bridgehead atoms. The third kappa shape index (κ3) is 5.98. The maximum Gasteiger partial charge on any atom is 0.253 e. The normalized spacial score (nSPS) is 10.5. The number of para-hydroxylation sites is 1. The van der Waals surface area contributed by atoms with Crippen molar-refractivity contribution in [2.24, 2.45) is 5.73 Å². The molecule has 0 fully saturated rings. The Hall–Kier alpha value is -3.53. The molecule has 10 heteroatoms. The fourth-order valence-electron chi connectivity index (χ4n) is 2.66. The van der Waals surface area contributed by atoms with Crippen LogP contribution in [0.1, 0.15) is 35.5 Å². The zero-order chi connectivity index (χ0) is 21.3. The van der Waals surface area contributed by atoms with E-state index in [9.17, 15) is 14.4 Å². The van der Waals surface area contributed by atoms with Crippen molar-refractivity contribution in [3.05, 3.63) is 53.2 Å². The van der Waals surface area contributed by atoms with Crippen LogP contribution in [0.25, 0.3) is 10.7 Å². The summed E-state index contributed by atoms with van der Waals surface area (Å²) in [6.07, 6.45) is 1.27. The number of hydrogen-bond acceptors (Lipinski definition) is 7. The molecule has 156 valence electrons. The van der Waals surface area contributed by atoms with Crippen molar-refractivity contribution in [1.29, 1.82) is 0 Å². The lowest BCUT2D eigenvalue weighted by Gasteiger charge is -2.11. The predicted molar refractivity (Wildman–Crippen MR) is 112 cm³/mol. The van der Waals surface area contributed by atoms with Crippen LogP contribution in [0.3, 0.4) is 0 Å². The monoisotopic (exact) mass is 427 g/mol.